The fourth-order valence-electron chi connectivity index (χ4n) is 3.06. The fourth-order valence-corrected chi connectivity index (χ4v) is 4.71. The topological polar surface area (TPSA) is 58.1 Å². The van der Waals surface area contributed by atoms with Gasteiger partial charge in [-0.15, -0.1) is 10.2 Å². The van der Waals surface area contributed by atoms with E-state index in [1.54, 1.807) is 11.8 Å². The zero-order valence-electron chi connectivity index (χ0n) is 14.7. The van der Waals surface area contributed by atoms with Gasteiger partial charge in [0.05, 0.1) is 0 Å². The minimum absolute atomic E-state index is 0.137. The zero-order valence-corrected chi connectivity index (χ0v) is 16.3. The molecule has 0 aliphatic carbocycles. The van der Waals surface area contributed by atoms with Crippen molar-refractivity contribution < 1.29 is 4.79 Å². The lowest BCUT2D eigenvalue weighted by molar-refractivity contribution is 0.102. The van der Waals surface area contributed by atoms with Gasteiger partial charge in [0, 0.05) is 18.7 Å². The molecule has 1 aromatic carbocycles. The molecule has 0 spiro atoms. The van der Waals surface area contributed by atoms with Crippen LogP contribution in [0.25, 0.3) is 0 Å². The Morgan fingerprint density at radius 3 is 2.88 bits per heavy atom. The van der Waals surface area contributed by atoms with Crippen LogP contribution in [0.1, 0.15) is 42.6 Å². The number of anilines is 1. The molecule has 1 aromatic heterocycles. The van der Waals surface area contributed by atoms with E-state index < -0.39 is 0 Å². The molecule has 1 fully saturated rings. The van der Waals surface area contributed by atoms with E-state index >= 15 is 0 Å². The largest absolute Gasteiger partial charge is 0.299 e. The maximum absolute atomic E-state index is 12.3. The molecule has 3 rings (SSSR count). The molecule has 0 bridgehead atoms. The van der Waals surface area contributed by atoms with Crippen molar-refractivity contribution in [3.05, 3.63) is 35.4 Å². The molecular formula is C18H24N4OS2. The highest BCUT2D eigenvalue weighted by Gasteiger charge is 2.16. The monoisotopic (exact) mass is 376 g/mol. The smallest absolute Gasteiger partial charge is 0.257 e. The van der Waals surface area contributed by atoms with Crippen molar-refractivity contribution in [2.75, 3.05) is 24.2 Å². The molecule has 1 saturated heterocycles. The van der Waals surface area contributed by atoms with E-state index in [2.05, 4.69) is 34.3 Å². The molecule has 2 aromatic rings. The number of thioether (sulfide) groups is 1. The molecule has 1 aliphatic heterocycles. The molecule has 1 N–H and O–H groups in total. The van der Waals surface area contributed by atoms with Gasteiger partial charge in [-0.3, -0.25) is 15.0 Å². The third-order valence-electron chi connectivity index (χ3n) is 4.26. The van der Waals surface area contributed by atoms with Crippen LogP contribution in [0.4, 0.5) is 5.13 Å². The van der Waals surface area contributed by atoms with E-state index in [-0.39, 0.29) is 5.91 Å². The first kappa shape index (κ1) is 18.4. The molecule has 0 radical (unpaired) electrons. The van der Waals surface area contributed by atoms with E-state index in [0.717, 1.165) is 29.1 Å². The van der Waals surface area contributed by atoms with Crippen LogP contribution in [0, 0.1) is 5.92 Å². The van der Waals surface area contributed by atoms with Crippen LogP contribution in [-0.2, 0) is 6.54 Å². The average Bonchev–Trinajstić information content (AvgIpc) is 3.03. The Hall–Kier alpha value is -1.44. The molecule has 1 atom stereocenters. The van der Waals surface area contributed by atoms with E-state index in [9.17, 15) is 4.79 Å². The molecule has 1 aliphatic rings. The van der Waals surface area contributed by atoms with Crippen molar-refractivity contribution in [1.82, 2.24) is 15.1 Å². The maximum Gasteiger partial charge on any atom is 0.257 e. The predicted molar refractivity (Wildman–Crippen MR) is 104 cm³/mol. The second-order valence-corrected chi connectivity index (χ2v) is 8.93. The Balaban J connectivity index is 1.56. The van der Waals surface area contributed by atoms with Gasteiger partial charge in [0.1, 0.15) is 0 Å². The lowest BCUT2D eigenvalue weighted by atomic mass is 9.99. The fraction of sp³-hybridized carbons (Fsp3) is 0.500. The summed E-state index contributed by atoms with van der Waals surface area (Å²) in [5.74, 6) is 1.59. The Bertz CT molecular complexity index is 701. The normalized spacial score (nSPS) is 18.2. The molecule has 0 unspecified atom stereocenters. The lowest BCUT2D eigenvalue weighted by Crippen LogP contribution is -2.33. The Kier molecular flexibility index (Phi) is 6.45. The second kappa shape index (κ2) is 8.78. The summed E-state index contributed by atoms with van der Waals surface area (Å²) in [6.07, 6.45) is 2.61. The third-order valence-corrected chi connectivity index (χ3v) is 6.11. The quantitative estimate of drug-likeness (QED) is 0.607. The highest BCUT2D eigenvalue weighted by molar-refractivity contribution is 8.01. The summed E-state index contributed by atoms with van der Waals surface area (Å²) in [6.45, 7) is 7.67. The minimum atomic E-state index is -0.137. The van der Waals surface area contributed by atoms with Crippen molar-refractivity contribution in [2.24, 2.45) is 5.92 Å². The van der Waals surface area contributed by atoms with E-state index in [1.807, 2.05) is 24.3 Å². The summed E-state index contributed by atoms with van der Waals surface area (Å²) in [7, 11) is 0. The summed E-state index contributed by atoms with van der Waals surface area (Å²) in [6, 6.07) is 7.88. The summed E-state index contributed by atoms with van der Waals surface area (Å²) in [4.78, 5) is 14.8. The number of piperidine rings is 1. The highest BCUT2D eigenvalue weighted by Crippen LogP contribution is 2.25. The van der Waals surface area contributed by atoms with Gasteiger partial charge < -0.3 is 0 Å². The van der Waals surface area contributed by atoms with Crippen LogP contribution in [0.15, 0.2) is 28.6 Å². The van der Waals surface area contributed by atoms with Gasteiger partial charge in [-0.25, -0.2) is 0 Å². The number of likely N-dealkylation sites (tertiary alicyclic amines) is 1. The minimum Gasteiger partial charge on any atom is -0.299 e. The van der Waals surface area contributed by atoms with Crippen molar-refractivity contribution in [3.63, 3.8) is 0 Å². The third kappa shape index (κ3) is 5.26. The molecular weight excluding hydrogens is 352 g/mol. The summed E-state index contributed by atoms with van der Waals surface area (Å²) >= 11 is 3.04. The number of carbonyl (C=O) groups is 1. The summed E-state index contributed by atoms with van der Waals surface area (Å²) in [5.41, 5.74) is 1.90. The van der Waals surface area contributed by atoms with Gasteiger partial charge in [-0.1, -0.05) is 49.1 Å². The molecule has 5 nitrogen and oxygen atoms in total. The lowest BCUT2D eigenvalue weighted by Gasteiger charge is -2.30. The number of benzene rings is 1. The standard InChI is InChI=1S/C18H24N4OS2/c1-3-24-18-21-20-17(25-18)19-16(23)15-8-6-14(7-9-15)12-22-10-4-5-13(2)11-22/h6-9,13H,3-5,10-12H2,1-2H3,(H,19,20,23)/t13-/m0/s1. The number of nitrogens with one attached hydrogen (secondary N) is 1. The van der Waals surface area contributed by atoms with Crippen LogP contribution in [0.5, 0.6) is 0 Å². The van der Waals surface area contributed by atoms with Crippen molar-refractivity contribution in [2.45, 2.75) is 37.6 Å². The molecule has 134 valence electrons. The van der Waals surface area contributed by atoms with Gasteiger partial charge in [0.25, 0.3) is 5.91 Å². The molecule has 1 amide bonds. The van der Waals surface area contributed by atoms with Crippen LogP contribution in [-0.4, -0.2) is 39.8 Å². The molecule has 25 heavy (non-hydrogen) atoms. The SMILES string of the molecule is CCSc1nnc(NC(=O)c2ccc(CN3CCC[C@H](C)C3)cc2)s1. The van der Waals surface area contributed by atoms with Gasteiger partial charge >= 0.3 is 0 Å². The van der Waals surface area contributed by atoms with Crippen LogP contribution >= 0.6 is 23.1 Å². The first-order valence-corrected chi connectivity index (χ1v) is 10.5. The van der Waals surface area contributed by atoms with Gasteiger partial charge in [-0.05, 0) is 48.8 Å². The number of hydrogen-bond donors (Lipinski definition) is 1. The van der Waals surface area contributed by atoms with Crippen molar-refractivity contribution >= 4 is 34.1 Å². The highest BCUT2D eigenvalue weighted by atomic mass is 32.2. The Labute approximate surface area is 157 Å². The maximum atomic E-state index is 12.3. The average molecular weight is 377 g/mol. The summed E-state index contributed by atoms with van der Waals surface area (Å²) in [5, 5.41) is 11.4. The van der Waals surface area contributed by atoms with Crippen LogP contribution in [0.2, 0.25) is 0 Å². The number of aromatic nitrogens is 2. The van der Waals surface area contributed by atoms with Crippen LogP contribution in [0.3, 0.4) is 0 Å². The number of nitrogens with zero attached hydrogens (tertiary/aromatic N) is 3. The first-order valence-electron chi connectivity index (χ1n) is 8.73. The molecule has 0 saturated carbocycles. The molecule has 7 heteroatoms. The first-order chi connectivity index (χ1) is 12.1. The van der Waals surface area contributed by atoms with Gasteiger partial charge in [0.2, 0.25) is 5.13 Å². The Morgan fingerprint density at radius 2 is 2.16 bits per heavy atom. The van der Waals surface area contributed by atoms with E-state index in [0.29, 0.717) is 10.7 Å². The number of rotatable bonds is 6. The van der Waals surface area contributed by atoms with Crippen LogP contribution < -0.4 is 5.32 Å². The number of hydrogen-bond acceptors (Lipinski definition) is 6. The van der Waals surface area contributed by atoms with E-state index in [4.69, 9.17) is 0 Å². The van der Waals surface area contributed by atoms with Crippen molar-refractivity contribution in [3.8, 4) is 0 Å². The van der Waals surface area contributed by atoms with E-state index in [1.165, 1.54) is 36.3 Å². The number of carbonyl (C=O) groups excluding carboxylic acids is 1. The van der Waals surface area contributed by atoms with Gasteiger partial charge in [0.15, 0.2) is 4.34 Å². The predicted octanol–water partition coefficient (Wildman–Crippen LogP) is 4.13. The molecule has 2 heterocycles. The summed E-state index contributed by atoms with van der Waals surface area (Å²) < 4.78 is 0.879. The zero-order chi connectivity index (χ0) is 17.6. The number of amides is 1. The van der Waals surface area contributed by atoms with Crippen molar-refractivity contribution in [1.29, 1.82) is 0 Å². The Morgan fingerprint density at radius 1 is 1.36 bits per heavy atom. The second-order valence-electron chi connectivity index (χ2n) is 6.44. The van der Waals surface area contributed by atoms with Gasteiger partial charge in [-0.2, -0.15) is 0 Å².